The number of nitrogens with one attached hydrogen (secondary N) is 2. The molecule has 1 amide bonds. The summed E-state index contributed by atoms with van der Waals surface area (Å²) in [5.41, 5.74) is 5.23. The zero-order valence-electron chi connectivity index (χ0n) is 16.3. The first-order valence-corrected chi connectivity index (χ1v) is 10.4. The molecule has 2 N–H and O–H groups in total. The number of hydrogen-bond acceptors (Lipinski definition) is 6. The van der Waals surface area contributed by atoms with Crippen molar-refractivity contribution < 1.29 is 9.53 Å². The number of hydrogen-bond donors (Lipinski definition) is 2. The molecule has 150 valence electrons. The fourth-order valence-corrected chi connectivity index (χ4v) is 4.38. The summed E-state index contributed by atoms with van der Waals surface area (Å²) in [4.78, 5) is 13.2. The molecule has 2 heterocycles. The number of ether oxygens (including phenoxy) is 1. The van der Waals surface area contributed by atoms with E-state index in [1.165, 1.54) is 11.8 Å². The number of fused-ring (bicyclic) bond motifs is 1. The monoisotopic (exact) mass is 409 g/mol. The van der Waals surface area contributed by atoms with Crippen molar-refractivity contribution in [3.63, 3.8) is 0 Å². The fourth-order valence-electron chi connectivity index (χ4n) is 3.28. The normalized spacial score (nSPS) is 17.9. The Bertz CT molecular complexity index is 974. The molecule has 2 unspecified atom stereocenters. The molecule has 7 nitrogen and oxygen atoms in total. The van der Waals surface area contributed by atoms with E-state index in [1.54, 1.807) is 7.11 Å². The number of methoxy groups -OCH3 is 1. The van der Waals surface area contributed by atoms with Crippen molar-refractivity contribution in [1.29, 1.82) is 0 Å². The average molecular weight is 410 g/mol. The van der Waals surface area contributed by atoms with Gasteiger partial charge in [-0.05, 0) is 36.2 Å². The molecule has 4 rings (SSSR count). The quantitative estimate of drug-likeness (QED) is 0.647. The van der Waals surface area contributed by atoms with Gasteiger partial charge in [0, 0.05) is 12.1 Å². The molecule has 0 spiro atoms. The van der Waals surface area contributed by atoms with Gasteiger partial charge in [0.05, 0.1) is 13.2 Å². The molecule has 2 aromatic carbocycles. The lowest BCUT2D eigenvalue weighted by Crippen LogP contribution is -2.41. The third kappa shape index (κ3) is 4.07. The van der Waals surface area contributed by atoms with Crippen molar-refractivity contribution in [2.75, 3.05) is 17.9 Å². The molecule has 0 saturated carbocycles. The molecule has 0 fully saturated rings. The summed E-state index contributed by atoms with van der Waals surface area (Å²) in [6.45, 7) is 2.11. The van der Waals surface area contributed by atoms with E-state index in [0.717, 1.165) is 35.7 Å². The van der Waals surface area contributed by atoms with E-state index >= 15 is 0 Å². The van der Waals surface area contributed by atoms with Crippen LogP contribution in [0.5, 0.6) is 5.75 Å². The Balaban J connectivity index is 1.62. The number of rotatable bonds is 6. The lowest BCUT2D eigenvalue weighted by Gasteiger charge is -2.33. The number of carbonyl (C=O) groups is 1. The highest BCUT2D eigenvalue weighted by atomic mass is 32.2. The molecular weight excluding hydrogens is 386 g/mol. The third-order valence-corrected chi connectivity index (χ3v) is 5.97. The Morgan fingerprint density at radius 1 is 1.17 bits per heavy atom. The molecule has 2 atom stereocenters. The fraction of sp³-hybridized carbons (Fsp3) is 0.286. The van der Waals surface area contributed by atoms with E-state index in [4.69, 9.17) is 4.74 Å². The average Bonchev–Trinajstić information content (AvgIpc) is 3.16. The number of aryl methyl sites for hydroxylation is 1. The van der Waals surface area contributed by atoms with E-state index < -0.39 is 5.25 Å². The molecule has 0 saturated heterocycles. The topological polar surface area (TPSA) is 81.1 Å². The number of thioether (sulfide) groups is 1. The summed E-state index contributed by atoms with van der Waals surface area (Å²) >= 11 is 1.43. The van der Waals surface area contributed by atoms with Crippen molar-refractivity contribution in [1.82, 2.24) is 14.9 Å². The predicted molar refractivity (Wildman–Crippen MR) is 114 cm³/mol. The third-order valence-electron chi connectivity index (χ3n) is 4.75. The molecule has 0 aliphatic carbocycles. The van der Waals surface area contributed by atoms with Crippen molar-refractivity contribution in [3.8, 4) is 5.75 Å². The van der Waals surface area contributed by atoms with Crippen LogP contribution in [-0.4, -0.2) is 33.1 Å². The lowest BCUT2D eigenvalue weighted by molar-refractivity contribution is -0.116. The Labute approximate surface area is 173 Å². The number of aromatic nitrogens is 3. The summed E-state index contributed by atoms with van der Waals surface area (Å²) in [6, 6.07) is 17.1. The second-order valence-corrected chi connectivity index (χ2v) is 7.87. The Morgan fingerprint density at radius 3 is 2.62 bits per heavy atom. The van der Waals surface area contributed by atoms with Crippen LogP contribution < -0.4 is 15.5 Å². The first kappa shape index (κ1) is 19.3. The van der Waals surface area contributed by atoms with Gasteiger partial charge in [0.15, 0.2) is 5.82 Å². The number of benzene rings is 2. The molecule has 3 aromatic rings. The maximum atomic E-state index is 13.2. The van der Waals surface area contributed by atoms with Crippen molar-refractivity contribution >= 4 is 23.4 Å². The van der Waals surface area contributed by atoms with Gasteiger partial charge in [0.1, 0.15) is 11.0 Å². The summed E-state index contributed by atoms with van der Waals surface area (Å²) in [5, 5.41) is 11.9. The molecule has 8 heteroatoms. The largest absolute Gasteiger partial charge is 0.497 e. The minimum absolute atomic E-state index is 0.0900. The highest BCUT2D eigenvalue weighted by molar-refractivity contribution is 8.00. The first-order chi connectivity index (χ1) is 14.2. The lowest BCUT2D eigenvalue weighted by atomic mass is 10.0. The molecule has 1 aliphatic rings. The number of anilines is 1. The Morgan fingerprint density at radius 2 is 1.93 bits per heavy atom. The van der Waals surface area contributed by atoms with Gasteiger partial charge in [-0.15, -0.1) is 10.2 Å². The minimum Gasteiger partial charge on any atom is -0.497 e. The summed E-state index contributed by atoms with van der Waals surface area (Å²) in [5.74, 6) is 1.54. The van der Waals surface area contributed by atoms with Crippen LogP contribution in [0, 0.1) is 0 Å². The zero-order chi connectivity index (χ0) is 20.2. The van der Waals surface area contributed by atoms with Gasteiger partial charge in [-0.3, -0.25) is 4.79 Å². The van der Waals surface area contributed by atoms with Gasteiger partial charge in [-0.2, -0.15) is 0 Å². The summed E-state index contributed by atoms with van der Waals surface area (Å²) in [7, 11) is 1.62. The van der Waals surface area contributed by atoms with Gasteiger partial charge in [-0.1, -0.05) is 49.0 Å². The summed E-state index contributed by atoms with van der Waals surface area (Å²) in [6.07, 6.45) is 1.80. The maximum absolute atomic E-state index is 13.2. The number of nitrogens with zero attached hydrogens (tertiary/aromatic N) is 3. The number of amides is 1. The standard InChI is InChI=1S/C21H23N5O2S/c1-3-7-17-23-24-21-26(17)25-18(14-8-5-4-6-9-14)19(29-21)20(27)22-15-10-12-16(28-2)13-11-15/h4-6,8-13,18-19,25H,3,7H2,1-2H3,(H,22,27). The van der Waals surface area contributed by atoms with Crippen LogP contribution in [0.25, 0.3) is 0 Å². The Kier molecular flexibility index (Phi) is 5.71. The second-order valence-electron chi connectivity index (χ2n) is 6.76. The molecule has 1 aliphatic heterocycles. The molecular formula is C21H23N5O2S. The van der Waals surface area contributed by atoms with Gasteiger partial charge >= 0.3 is 0 Å². The second kappa shape index (κ2) is 8.57. The van der Waals surface area contributed by atoms with E-state index in [-0.39, 0.29) is 11.9 Å². The van der Waals surface area contributed by atoms with Gasteiger partial charge in [0.2, 0.25) is 11.1 Å². The van der Waals surface area contributed by atoms with Crippen LogP contribution in [0.3, 0.4) is 0 Å². The van der Waals surface area contributed by atoms with Crippen LogP contribution in [0.2, 0.25) is 0 Å². The van der Waals surface area contributed by atoms with Crippen LogP contribution in [-0.2, 0) is 11.2 Å². The van der Waals surface area contributed by atoms with Gasteiger partial charge in [-0.25, -0.2) is 4.68 Å². The highest BCUT2D eigenvalue weighted by Gasteiger charge is 2.37. The van der Waals surface area contributed by atoms with Crippen molar-refractivity contribution in [2.45, 2.75) is 36.2 Å². The smallest absolute Gasteiger partial charge is 0.240 e. The first-order valence-electron chi connectivity index (χ1n) is 9.57. The summed E-state index contributed by atoms with van der Waals surface area (Å²) < 4.78 is 7.10. The molecule has 1 aromatic heterocycles. The number of carbonyl (C=O) groups excluding carboxylic acids is 1. The van der Waals surface area contributed by atoms with E-state index in [1.807, 2.05) is 59.3 Å². The van der Waals surface area contributed by atoms with Crippen LogP contribution >= 0.6 is 11.8 Å². The van der Waals surface area contributed by atoms with Crippen LogP contribution in [0.15, 0.2) is 59.8 Å². The minimum atomic E-state index is -0.398. The van der Waals surface area contributed by atoms with Crippen LogP contribution in [0.1, 0.15) is 30.8 Å². The maximum Gasteiger partial charge on any atom is 0.240 e. The molecule has 0 radical (unpaired) electrons. The van der Waals surface area contributed by atoms with E-state index in [0.29, 0.717) is 5.16 Å². The highest BCUT2D eigenvalue weighted by Crippen LogP contribution is 2.37. The van der Waals surface area contributed by atoms with E-state index in [2.05, 4.69) is 27.9 Å². The van der Waals surface area contributed by atoms with Crippen molar-refractivity contribution in [2.24, 2.45) is 0 Å². The molecule has 0 bridgehead atoms. The SMILES string of the molecule is CCCc1nnc2n1NC(c1ccccc1)C(C(=O)Nc1ccc(OC)cc1)S2. The van der Waals surface area contributed by atoms with Crippen molar-refractivity contribution in [3.05, 3.63) is 66.0 Å². The van der Waals surface area contributed by atoms with Gasteiger partial charge < -0.3 is 15.5 Å². The Hall–Kier alpha value is -3.00. The van der Waals surface area contributed by atoms with Crippen LogP contribution in [0.4, 0.5) is 5.69 Å². The molecule has 29 heavy (non-hydrogen) atoms. The van der Waals surface area contributed by atoms with E-state index in [9.17, 15) is 4.79 Å². The van der Waals surface area contributed by atoms with Gasteiger partial charge in [0.25, 0.3) is 0 Å². The zero-order valence-corrected chi connectivity index (χ0v) is 17.1. The predicted octanol–water partition coefficient (Wildman–Crippen LogP) is 3.64.